The normalized spacial score (nSPS) is 23.2. The van der Waals surface area contributed by atoms with E-state index in [4.69, 9.17) is 9.07 Å². The minimum atomic E-state index is -1.00. The number of imide groups is 1. The topological polar surface area (TPSA) is 112 Å². The highest BCUT2D eigenvalue weighted by Gasteiger charge is 2.57. The summed E-state index contributed by atoms with van der Waals surface area (Å²) in [5, 5.41) is 23.7. The van der Waals surface area contributed by atoms with Gasteiger partial charge >= 0.3 is 7.12 Å². The summed E-state index contributed by atoms with van der Waals surface area (Å²) in [5.74, 6) is -0.306. The van der Waals surface area contributed by atoms with Crippen LogP contribution in [0.1, 0.15) is 70.3 Å². The Hall–Kier alpha value is -3.92. The second-order valence-corrected chi connectivity index (χ2v) is 12.7. The van der Waals surface area contributed by atoms with Crippen LogP contribution in [0.5, 0.6) is 0 Å². The van der Waals surface area contributed by atoms with Crippen LogP contribution in [-0.4, -0.2) is 35.2 Å². The van der Waals surface area contributed by atoms with Crippen LogP contribution in [0.3, 0.4) is 0 Å². The van der Waals surface area contributed by atoms with Crippen LogP contribution < -0.4 is 10.2 Å². The van der Waals surface area contributed by atoms with E-state index in [2.05, 4.69) is 19.2 Å². The van der Waals surface area contributed by atoms with E-state index in [0.717, 1.165) is 49.1 Å². The number of furan rings is 1. The number of nitrogens with zero attached hydrogens (tertiary/aromatic N) is 1. The first-order valence-corrected chi connectivity index (χ1v) is 16.6. The molecular weight excluding hydrogens is 579 g/mol. The lowest BCUT2D eigenvalue weighted by Crippen LogP contribution is -2.46. The second-order valence-electron chi connectivity index (χ2n) is 12.7. The quantitative estimate of drug-likeness (QED) is 0.111. The Morgan fingerprint density at radius 2 is 1.72 bits per heavy atom. The molecule has 1 aromatic heterocycles. The van der Waals surface area contributed by atoms with Gasteiger partial charge in [-0.15, -0.1) is 0 Å². The van der Waals surface area contributed by atoms with Crippen molar-refractivity contribution >= 4 is 42.1 Å². The highest BCUT2D eigenvalue weighted by Crippen LogP contribution is 2.52. The number of aliphatic hydroxyl groups excluding tert-OH is 1. The summed E-state index contributed by atoms with van der Waals surface area (Å²) < 4.78 is 11.9. The zero-order valence-electron chi connectivity index (χ0n) is 26.7. The minimum absolute atomic E-state index is 0.141. The van der Waals surface area contributed by atoms with E-state index in [1.54, 1.807) is 6.07 Å². The van der Waals surface area contributed by atoms with E-state index in [-0.39, 0.29) is 30.4 Å². The van der Waals surface area contributed by atoms with E-state index in [1.165, 1.54) is 16.0 Å². The molecule has 3 heterocycles. The third-order valence-corrected chi connectivity index (χ3v) is 9.53. The first-order chi connectivity index (χ1) is 22.4. The fraction of sp³-hybridized carbons (Fsp3) is 0.405. The number of fused-ring (bicyclic) bond motifs is 3. The van der Waals surface area contributed by atoms with Gasteiger partial charge in [-0.05, 0) is 105 Å². The maximum absolute atomic E-state index is 14.1. The van der Waals surface area contributed by atoms with E-state index < -0.39 is 19.0 Å². The van der Waals surface area contributed by atoms with Crippen molar-refractivity contribution in [3.05, 3.63) is 95.0 Å². The van der Waals surface area contributed by atoms with Crippen LogP contribution in [0.25, 0.3) is 6.08 Å². The zero-order valence-corrected chi connectivity index (χ0v) is 26.7. The Labute approximate surface area is 271 Å². The molecule has 2 aromatic carbocycles. The Morgan fingerprint density at radius 3 is 2.41 bits per heavy atom. The van der Waals surface area contributed by atoms with Crippen LogP contribution in [0.2, 0.25) is 6.32 Å². The molecule has 240 valence electrons. The molecule has 2 saturated heterocycles. The van der Waals surface area contributed by atoms with E-state index in [1.807, 2.05) is 66.7 Å². The van der Waals surface area contributed by atoms with Gasteiger partial charge in [0.15, 0.2) is 0 Å². The van der Waals surface area contributed by atoms with Gasteiger partial charge in [0, 0.05) is 11.4 Å². The van der Waals surface area contributed by atoms with Crippen molar-refractivity contribution in [1.82, 2.24) is 0 Å². The van der Waals surface area contributed by atoms with Crippen LogP contribution >= 0.6 is 0 Å². The van der Waals surface area contributed by atoms with Crippen LogP contribution in [0.15, 0.2) is 87.9 Å². The van der Waals surface area contributed by atoms with Gasteiger partial charge in [0.05, 0.1) is 23.6 Å². The lowest BCUT2D eigenvalue weighted by Gasteiger charge is -2.43. The molecule has 2 fully saturated rings. The molecule has 0 bridgehead atoms. The first kappa shape index (κ1) is 32.0. The summed E-state index contributed by atoms with van der Waals surface area (Å²) in [6.45, 7) is 4.13. The molecular formula is C37H43BN2O6. The SMILES string of the molecule is CCCC1=C2[C@@H](CC/C(=C/c3ccc(CO)o3)CCC)OB(O)C[C@@H]2[C@@H]2C(=O)N(c3ccc(Nc4ccccc4)cc3)C(=O)[C@@H]2C1. The fourth-order valence-corrected chi connectivity index (χ4v) is 7.60. The van der Waals surface area contributed by atoms with Gasteiger partial charge in [-0.25, -0.2) is 0 Å². The molecule has 0 radical (unpaired) electrons. The number of anilines is 3. The van der Waals surface area contributed by atoms with Gasteiger partial charge in [-0.3, -0.25) is 14.5 Å². The summed E-state index contributed by atoms with van der Waals surface area (Å²) in [6.07, 6.45) is 7.58. The molecule has 0 spiro atoms. The van der Waals surface area contributed by atoms with Crippen LogP contribution in [0.4, 0.5) is 17.1 Å². The Morgan fingerprint density at radius 1 is 0.957 bits per heavy atom. The summed E-state index contributed by atoms with van der Waals surface area (Å²) in [4.78, 5) is 29.5. The number of rotatable bonds is 12. The maximum Gasteiger partial charge on any atom is 0.455 e. The zero-order chi connectivity index (χ0) is 32.2. The average Bonchev–Trinajstić information content (AvgIpc) is 3.61. The van der Waals surface area contributed by atoms with Crippen molar-refractivity contribution in [3.8, 4) is 0 Å². The first-order valence-electron chi connectivity index (χ1n) is 16.6. The second kappa shape index (κ2) is 14.2. The molecule has 3 aromatic rings. The van der Waals surface area contributed by atoms with Crippen molar-refractivity contribution in [3.63, 3.8) is 0 Å². The number of para-hydroxylation sites is 1. The lowest BCUT2D eigenvalue weighted by molar-refractivity contribution is -0.122. The number of allylic oxidation sites excluding steroid dienone is 2. The van der Waals surface area contributed by atoms with Crippen LogP contribution in [-0.2, 0) is 20.9 Å². The molecule has 2 amide bonds. The maximum atomic E-state index is 14.1. The third-order valence-electron chi connectivity index (χ3n) is 9.53. The molecule has 3 N–H and O–H groups in total. The molecule has 4 atom stereocenters. The number of nitrogens with one attached hydrogen (secondary N) is 1. The van der Waals surface area contributed by atoms with Crippen LogP contribution in [0, 0.1) is 17.8 Å². The van der Waals surface area contributed by atoms with Gasteiger partial charge in [0.25, 0.3) is 0 Å². The molecule has 0 saturated carbocycles. The number of amides is 2. The highest BCUT2D eigenvalue weighted by molar-refractivity contribution is 6.43. The van der Waals surface area contributed by atoms with Crippen molar-refractivity contribution in [2.45, 2.75) is 77.8 Å². The summed E-state index contributed by atoms with van der Waals surface area (Å²) in [6, 6.07) is 20.9. The highest BCUT2D eigenvalue weighted by atomic mass is 16.5. The molecule has 1 aliphatic carbocycles. The Bertz CT molecular complexity index is 1600. The fourth-order valence-electron chi connectivity index (χ4n) is 7.60. The molecule has 8 nitrogen and oxygen atoms in total. The monoisotopic (exact) mass is 622 g/mol. The van der Waals surface area contributed by atoms with Gasteiger partial charge in [0.1, 0.15) is 18.1 Å². The van der Waals surface area contributed by atoms with Gasteiger partial charge < -0.3 is 24.5 Å². The largest absolute Gasteiger partial charge is 0.459 e. The van der Waals surface area contributed by atoms with Gasteiger partial charge in [-0.1, -0.05) is 56.0 Å². The molecule has 46 heavy (non-hydrogen) atoms. The number of hydrogen-bond acceptors (Lipinski definition) is 7. The van der Waals surface area contributed by atoms with Crippen molar-refractivity contribution < 1.29 is 28.8 Å². The molecule has 6 rings (SSSR count). The summed E-state index contributed by atoms with van der Waals surface area (Å²) in [7, 11) is -1.00. The van der Waals surface area contributed by atoms with Gasteiger partial charge in [-0.2, -0.15) is 0 Å². The molecule has 0 unspecified atom stereocenters. The van der Waals surface area contributed by atoms with E-state index in [0.29, 0.717) is 36.4 Å². The van der Waals surface area contributed by atoms with E-state index in [9.17, 15) is 19.7 Å². The average molecular weight is 623 g/mol. The number of hydrogen-bond donors (Lipinski definition) is 3. The smallest absolute Gasteiger partial charge is 0.455 e. The molecule has 9 heteroatoms. The number of carbonyl (C=O) groups is 2. The standard InChI is InChI=1S/C37H43BN2O6/c1-3-8-24(20-29-17-18-30(23-41)45-29)12-19-33-34-25(9-4-2)21-31-35(32(34)22-38(44)46-33)37(43)40(36(31)42)28-15-13-27(14-16-28)39-26-10-6-5-7-11-26/h5-7,10-11,13-18,20,31-33,35,39,41,44H,3-4,8-9,12,19,21-23H2,1-2H3/b24-20+/t31-,32+,33-,35-/m1/s1. The molecule has 3 aliphatic rings. The Kier molecular flexibility index (Phi) is 9.92. The predicted molar refractivity (Wildman–Crippen MR) is 180 cm³/mol. The summed E-state index contributed by atoms with van der Waals surface area (Å²) in [5.41, 5.74) is 5.93. The number of benzene rings is 2. The number of aliphatic hydroxyl groups is 1. The number of carbonyl (C=O) groups excluding carboxylic acids is 2. The third kappa shape index (κ3) is 6.63. The van der Waals surface area contributed by atoms with Crippen molar-refractivity contribution in [2.75, 3.05) is 10.2 Å². The summed E-state index contributed by atoms with van der Waals surface area (Å²) >= 11 is 0. The van der Waals surface area contributed by atoms with Crippen molar-refractivity contribution in [2.24, 2.45) is 17.8 Å². The molecule has 2 aliphatic heterocycles. The van der Waals surface area contributed by atoms with Gasteiger partial charge in [0.2, 0.25) is 11.8 Å². The van der Waals surface area contributed by atoms with Crippen molar-refractivity contribution in [1.29, 1.82) is 0 Å². The minimum Gasteiger partial charge on any atom is -0.459 e. The predicted octanol–water partition coefficient (Wildman–Crippen LogP) is 7.28. The Balaban J connectivity index is 1.24. The van der Waals surface area contributed by atoms with E-state index >= 15 is 0 Å². The lowest BCUT2D eigenvalue weighted by atomic mass is 9.58.